The van der Waals surface area contributed by atoms with E-state index in [2.05, 4.69) is 15.2 Å². The standard InChI is InChI=1S/C16H14FN5O/c1-11-13(8-21(2)20-11)16(23)6-4-12-3-5-15(14(17)7-12)22-10-18-9-19-22/h3-10H,1-2H3/b6-4+. The Morgan fingerprint density at radius 1 is 1.35 bits per heavy atom. The minimum absolute atomic E-state index is 0.170. The Bertz CT molecular complexity index is 880. The zero-order valence-corrected chi connectivity index (χ0v) is 12.6. The van der Waals surface area contributed by atoms with Gasteiger partial charge >= 0.3 is 0 Å². The summed E-state index contributed by atoms with van der Waals surface area (Å²) in [4.78, 5) is 15.9. The fourth-order valence-electron chi connectivity index (χ4n) is 2.25. The molecule has 7 heteroatoms. The lowest BCUT2D eigenvalue weighted by Gasteiger charge is -2.03. The van der Waals surface area contributed by atoms with Crippen molar-refractivity contribution < 1.29 is 9.18 Å². The van der Waals surface area contributed by atoms with Crippen molar-refractivity contribution in [3.05, 3.63) is 65.8 Å². The van der Waals surface area contributed by atoms with E-state index in [9.17, 15) is 9.18 Å². The van der Waals surface area contributed by atoms with Gasteiger partial charge in [0.25, 0.3) is 0 Å². The number of rotatable bonds is 4. The van der Waals surface area contributed by atoms with Crippen LogP contribution in [0, 0.1) is 12.7 Å². The number of aryl methyl sites for hydroxylation is 2. The molecule has 116 valence electrons. The average Bonchev–Trinajstić information content (AvgIpc) is 3.14. The largest absolute Gasteiger partial charge is 0.289 e. The molecule has 3 rings (SSSR count). The van der Waals surface area contributed by atoms with E-state index >= 15 is 0 Å². The second-order valence-corrected chi connectivity index (χ2v) is 5.05. The van der Waals surface area contributed by atoms with Crippen molar-refractivity contribution in [2.24, 2.45) is 7.05 Å². The molecule has 0 amide bonds. The highest BCUT2D eigenvalue weighted by Crippen LogP contribution is 2.15. The number of carbonyl (C=O) groups excluding carboxylic acids is 1. The van der Waals surface area contributed by atoms with E-state index < -0.39 is 5.82 Å². The van der Waals surface area contributed by atoms with E-state index in [1.165, 1.54) is 29.5 Å². The third-order valence-corrected chi connectivity index (χ3v) is 3.34. The number of nitrogens with zero attached hydrogens (tertiary/aromatic N) is 5. The summed E-state index contributed by atoms with van der Waals surface area (Å²) in [5, 5.41) is 8.01. The number of aromatic nitrogens is 5. The first-order chi connectivity index (χ1) is 11.0. The van der Waals surface area contributed by atoms with E-state index in [1.807, 2.05) is 0 Å². The third-order valence-electron chi connectivity index (χ3n) is 3.34. The van der Waals surface area contributed by atoms with Gasteiger partial charge in [-0.05, 0) is 30.7 Å². The molecule has 23 heavy (non-hydrogen) atoms. The van der Waals surface area contributed by atoms with Gasteiger partial charge in [-0.3, -0.25) is 9.48 Å². The van der Waals surface area contributed by atoms with E-state index in [1.54, 1.807) is 43.1 Å². The average molecular weight is 311 g/mol. The maximum Gasteiger partial charge on any atom is 0.189 e. The van der Waals surface area contributed by atoms with Crippen LogP contribution in [-0.4, -0.2) is 30.3 Å². The van der Waals surface area contributed by atoms with Crippen LogP contribution in [0.4, 0.5) is 4.39 Å². The number of allylic oxidation sites excluding steroid dienone is 1. The Kier molecular flexibility index (Phi) is 3.84. The molecule has 0 unspecified atom stereocenters. The molecule has 0 atom stereocenters. The van der Waals surface area contributed by atoms with Crippen LogP contribution in [0.5, 0.6) is 0 Å². The monoisotopic (exact) mass is 311 g/mol. The molecule has 0 aliphatic rings. The van der Waals surface area contributed by atoms with Crippen LogP contribution in [-0.2, 0) is 7.05 Å². The van der Waals surface area contributed by atoms with Gasteiger partial charge in [-0.2, -0.15) is 10.2 Å². The van der Waals surface area contributed by atoms with Crippen molar-refractivity contribution >= 4 is 11.9 Å². The molecule has 0 fully saturated rings. The lowest BCUT2D eigenvalue weighted by molar-refractivity contribution is 0.104. The zero-order valence-electron chi connectivity index (χ0n) is 12.6. The van der Waals surface area contributed by atoms with E-state index in [0.29, 0.717) is 22.5 Å². The first-order valence-electron chi connectivity index (χ1n) is 6.92. The normalized spacial score (nSPS) is 11.3. The second-order valence-electron chi connectivity index (χ2n) is 5.05. The summed E-state index contributed by atoms with van der Waals surface area (Å²) < 4.78 is 17.0. The summed E-state index contributed by atoms with van der Waals surface area (Å²) in [6.45, 7) is 1.77. The van der Waals surface area contributed by atoms with Gasteiger partial charge in [0.15, 0.2) is 5.78 Å². The second kappa shape index (κ2) is 5.96. The molecule has 0 spiro atoms. The van der Waals surface area contributed by atoms with Crippen molar-refractivity contribution in [1.82, 2.24) is 24.5 Å². The molecule has 0 radical (unpaired) electrons. The molecule has 0 aliphatic carbocycles. The lowest BCUT2D eigenvalue weighted by atomic mass is 10.1. The SMILES string of the molecule is Cc1nn(C)cc1C(=O)/C=C/c1ccc(-n2cncn2)c(F)c1. The van der Waals surface area contributed by atoms with E-state index in [4.69, 9.17) is 0 Å². The highest BCUT2D eigenvalue weighted by atomic mass is 19.1. The number of hydrogen-bond acceptors (Lipinski definition) is 4. The fraction of sp³-hybridized carbons (Fsp3) is 0.125. The summed E-state index contributed by atoms with van der Waals surface area (Å²) in [5.74, 6) is -0.612. The molecular weight excluding hydrogens is 297 g/mol. The van der Waals surface area contributed by atoms with E-state index in [-0.39, 0.29) is 5.78 Å². The van der Waals surface area contributed by atoms with Crippen LogP contribution in [0.1, 0.15) is 21.6 Å². The third kappa shape index (κ3) is 3.08. The predicted octanol–water partition coefficient (Wildman–Crippen LogP) is 2.34. The predicted molar refractivity (Wildman–Crippen MR) is 82.6 cm³/mol. The zero-order chi connectivity index (χ0) is 16.4. The highest BCUT2D eigenvalue weighted by Gasteiger charge is 2.10. The molecule has 0 bridgehead atoms. The molecule has 0 N–H and O–H groups in total. The van der Waals surface area contributed by atoms with Crippen LogP contribution < -0.4 is 0 Å². The number of halogens is 1. The van der Waals surface area contributed by atoms with Crippen molar-refractivity contribution in [3.8, 4) is 5.69 Å². The van der Waals surface area contributed by atoms with Crippen LogP contribution >= 0.6 is 0 Å². The molecule has 2 heterocycles. The number of benzene rings is 1. The first-order valence-corrected chi connectivity index (χ1v) is 6.92. The first kappa shape index (κ1) is 14.8. The molecule has 6 nitrogen and oxygen atoms in total. The van der Waals surface area contributed by atoms with Gasteiger partial charge in [-0.15, -0.1) is 0 Å². The fourth-order valence-corrected chi connectivity index (χ4v) is 2.25. The molecule has 3 aromatic rings. The maximum atomic E-state index is 14.1. The molecule has 0 saturated heterocycles. The van der Waals surface area contributed by atoms with Gasteiger partial charge in [0, 0.05) is 13.2 Å². The van der Waals surface area contributed by atoms with Crippen molar-refractivity contribution in [1.29, 1.82) is 0 Å². The Morgan fingerprint density at radius 2 is 2.17 bits per heavy atom. The van der Waals surface area contributed by atoms with Gasteiger partial charge < -0.3 is 0 Å². The lowest BCUT2D eigenvalue weighted by Crippen LogP contribution is -1.98. The van der Waals surface area contributed by atoms with Gasteiger partial charge in [-0.25, -0.2) is 14.1 Å². The Hall–Kier alpha value is -3.09. The Morgan fingerprint density at radius 3 is 2.78 bits per heavy atom. The minimum atomic E-state index is -0.442. The quantitative estimate of drug-likeness (QED) is 0.548. The van der Waals surface area contributed by atoms with Crippen LogP contribution in [0.2, 0.25) is 0 Å². The van der Waals surface area contributed by atoms with Gasteiger partial charge in [0.1, 0.15) is 24.2 Å². The van der Waals surface area contributed by atoms with Crippen LogP contribution in [0.25, 0.3) is 11.8 Å². The summed E-state index contributed by atoms with van der Waals surface area (Å²) >= 11 is 0. The molecule has 0 saturated carbocycles. The molecule has 2 aromatic heterocycles. The van der Waals surface area contributed by atoms with Crippen molar-refractivity contribution in [3.63, 3.8) is 0 Å². The van der Waals surface area contributed by atoms with Gasteiger partial charge in [-0.1, -0.05) is 12.1 Å². The van der Waals surface area contributed by atoms with Crippen LogP contribution in [0.3, 0.4) is 0 Å². The van der Waals surface area contributed by atoms with Crippen molar-refractivity contribution in [2.45, 2.75) is 6.92 Å². The minimum Gasteiger partial charge on any atom is -0.289 e. The highest BCUT2D eigenvalue weighted by molar-refractivity contribution is 6.07. The number of carbonyl (C=O) groups is 1. The van der Waals surface area contributed by atoms with Crippen LogP contribution in [0.15, 0.2) is 43.1 Å². The molecule has 1 aromatic carbocycles. The van der Waals surface area contributed by atoms with E-state index in [0.717, 1.165) is 0 Å². The maximum absolute atomic E-state index is 14.1. The Balaban J connectivity index is 1.82. The topological polar surface area (TPSA) is 65.6 Å². The van der Waals surface area contributed by atoms with Crippen molar-refractivity contribution in [2.75, 3.05) is 0 Å². The smallest absolute Gasteiger partial charge is 0.189 e. The molecular formula is C16H14FN5O. The Labute approximate surface area is 131 Å². The van der Waals surface area contributed by atoms with Gasteiger partial charge in [0.05, 0.1) is 11.3 Å². The number of hydrogen-bond donors (Lipinski definition) is 0. The summed E-state index contributed by atoms with van der Waals surface area (Å²) in [6.07, 6.45) is 7.40. The van der Waals surface area contributed by atoms with Gasteiger partial charge in [0.2, 0.25) is 0 Å². The summed E-state index contributed by atoms with van der Waals surface area (Å²) in [7, 11) is 1.76. The molecule has 0 aliphatic heterocycles. The summed E-state index contributed by atoms with van der Waals surface area (Å²) in [6, 6.07) is 4.64. The number of ketones is 1. The summed E-state index contributed by atoms with van der Waals surface area (Å²) in [5.41, 5.74) is 2.08.